The average molecular weight is 330 g/mol. The molecule has 1 amide bonds. The molecular formula is C18H19FN2O3. The lowest BCUT2D eigenvalue weighted by Crippen LogP contribution is -2.49. The lowest BCUT2D eigenvalue weighted by Gasteiger charge is -2.31. The van der Waals surface area contributed by atoms with E-state index >= 15 is 0 Å². The number of benzene rings is 1. The predicted octanol–water partition coefficient (Wildman–Crippen LogP) is 2.72. The molecule has 0 spiro atoms. The second-order valence-electron chi connectivity index (χ2n) is 5.77. The number of ether oxygens (including phenoxy) is 1. The van der Waals surface area contributed by atoms with Gasteiger partial charge in [0.05, 0.1) is 6.07 Å². The highest BCUT2D eigenvalue weighted by Gasteiger charge is 2.33. The van der Waals surface area contributed by atoms with E-state index in [1.54, 1.807) is 12.1 Å². The zero-order chi connectivity index (χ0) is 17.4. The van der Waals surface area contributed by atoms with Gasteiger partial charge in [-0.2, -0.15) is 5.26 Å². The Kier molecular flexibility index (Phi) is 6.07. The zero-order valence-corrected chi connectivity index (χ0v) is 13.3. The van der Waals surface area contributed by atoms with Crippen LogP contribution in [-0.2, 0) is 14.3 Å². The number of esters is 1. The number of amides is 1. The fourth-order valence-electron chi connectivity index (χ4n) is 2.68. The number of carbonyl (C=O) groups is 2. The normalized spacial score (nSPS) is 16.3. The molecule has 0 heterocycles. The van der Waals surface area contributed by atoms with Crippen molar-refractivity contribution in [3.63, 3.8) is 0 Å². The first-order valence-corrected chi connectivity index (χ1v) is 7.86. The van der Waals surface area contributed by atoms with Crippen LogP contribution in [0.1, 0.15) is 37.7 Å². The summed E-state index contributed by atoms with van der Waals surface area (Å²) in [5.41, 5.74) is -0.602. The van der Waals surface area contributed by atoms with Gasteiger partial charge in [-0.1, -0.05) is 37.5 Å². The van der Waals surface area contributed by atoms with E-state index < -0.39 is 29.8 Å². The summed E-state index contributed by atoms with van der Waals surface area (Å²) >= 11 is 0. The third-order valence-electron chi connectivity index (χ3n) is 3.95. The summed E-state index contributed by atoms with van der Waals surface area (Å²) in [7, 11) is 0. The van der Waals surface area contributed by atoms with Crippen molar-refractivity contribution >= 4 is 18.0 Å². The maximum atomic E-state index is 13.4. The molecule has 6 heteroatoms. The van der Waals surface area contributed by atoms with Gasteiger partial charge in [-0.3, -0.25) is 4.79 Å². The zero-order valence-electron chi connectivity index (χ0n) is 13.3. The van der Waals surface area contributed by atoms with Crippen LogP contribution in [0.15, 0.2) is 30.3 Å². The summed E-state index contributed by atoms with van der Waals surface area (Å²) in [6.45, 7) is -0.468. The van der Waals surface area contributed by atoms with Crippen molar-refractivity contribution in [3.05, 3.63) is 41.7 Å². The molecule has 1 saturated carbocycles. The average Bonchev–Trinajstić information content (AvgIpc) is 2.60. The molecule has 1 N–H and O–H groups in total. The summed E-state index contributed by atoms with van der Waals surface area (Å²) < 4.78 is 18.2. The van der Waals surface area contributed by atoms with Crippen LogP contribution in [0.3, 0.4) is 0 Å². The Labute approximate surface area is 140 Å². The van der Waals surface area contributed by atoms with Crippen molar-refractivity contribution in [1.82, 2.24) is 5.32 Å². The second-order valence-corrected chi connectivity index (χ2v) is 5.77. The molecule has 2 rings (SSSR count). The summed E-state index contributed by atoms with van der Waals surface area (Å²) in [5, 5.41) is 11.9. The van der Waals surface area contributed by atoms with Gasteiger partial charge >= 0.3 is 5.97 Å². The lowest BCUT2D eigenvalue weighted by molar-refractivity contribution is -0.144. The Balaban J connectivity index is 1.82. The third kappa shape index (κ3) is 4.92. The van der Waals surface area contributed by atoms with E-state index in [2.05, 4.69) is 11.4 Å². The van der Waals surface area contributed by atoms with Gasteiger partial charge in [0.15, 0.2) is 6.61 Å². The Morgan fingerprint density at radius 2 is 2.00 bits per heavy atom. The number of nitrogens with one attached hydrogen (secondary N) is 1. The molecule has 5 nitrogen and oxygen atoms in total. The van der Waals surface area contributed by atoms with Crippen LogP contribution in [0.5, 0.6) is 0 Å². The van der Waals surface area contributed by atoms with Crippen LogP contribution >= 0.6 is 0 Å². The Hall–Kier alpha value is -2.68. The van der Waals surface area contributed by atoms with Gasteiger partial charge in [-0.15, -0.1) is 0 Å². The van der Waals surface area contributed by atoms with E-state index in [0.717, 1.165) is 25.3 Å². The van der Waals surface area contributed by atoms with Gasteiger partial charge < -0.3 is 10.1 Å². The van der Waals surface area contributed by atoms with Gasteiger partial charge in [0.1, 0.15) is 11.4 Å². The minimum Gasteiger partial charge on any atom is -0.452 e. The number of halogens is 1. The van der Waals surface area contributed by atoms with Crippen molar-refractivity contribution in [2.75, 3.05) is 6.61 Å². The largest absolute Gasteiger partial charge is 0.452 e. The molecule has 1 aromatic carbocycles. The molecule has 24 heavy (non-hydrogen) atoms. The van der Waals surface area contributed by atoms with E-state index in [0.29, 0.717) is 12.8 Å². The molecule has 1 aliphatic rings. The number of rotatable bonds is 5. The number of hydrogen-bond acceptors (Lipinski definition) is 4. The van der Waals surface area contributed by atoms with E-state index in [-0.39, 0.29) is 5.56 Å². The van der Waals surface area contributed by atoms with E-state index in [9.17, 15) is 19.2 Å². The lowest BCUT2D eigenvalue weighted by atomic mass is 9.83. The van der Waals surface area contributed by atoms with Gasteiger partial charge in [-0.25, -0.2) is 9.18 Å². The molecule has 0 aromatic heterocycles. The highest BCUT2D eigenvalue weighted by molar-refractivity contribution is 5.89. The number of carbonyl (C=O) groups excluding carboxylic acids is 2. The second kappa shape index (κ2) is 8.25. The molecule has 0 aliphatic heterocycles. The number of nitriles is 1. The minimum absolute atomic E-state index is 0.254. The summed E-state index contributed by atoms with van der Waals surface area (Å²) in [6.07, 6.45) is 6.39. The van der Waals surface area contributed by atoms with Gasteiger partial charge in [0.2, 0.25) is 0 Å². The molecule has 0 atom stereocenters. The third-order valence-corrected chi connectivity index (χ3v) is 3.95. The summed E-state index contributed by atoms with van der Waals surface area (Å²) in [6, 6.07) is 8.16. The van der Waals surface area contributed by atoms with Gasteiger partial charge in [-0.05, 0) is 25.0 Å². The molecule has 1 fully saturated rings. The van der Waals surface area contributed by atoms with E-state index in [1.165, 1.54) is 18.2 Å². The quantitative estimate of drug-likeness (QED) is 0.665. The first kappa shape index (κ1) is 17.7. The summed E-state index contributed by atoms with van der Waals surface area (Å²) in [4.78, 5) is 23.5. The van der Waals surface area contributed by atoms with Crippen molar-refractivity contribution < 1.29 is 18.7 Å². The highest BCUT2D eigenvalue weighted by atomic mass is 19.1. The number of nitrogens with zero attached hydrogens (tertiary/aromatic N) is 1. The van der Waals surface area contributed by atoms with Crippen molar-refractivity contribution in [2.45, 2.75) is 37.6 Å². The van der Waals surface area contributed by atoms with Crippen molar-refractivity contribution in [3.8, 4) is 6.07 Å². The smallest absolute Gasteiger partial charge is 0.331 e. The van der Waals surface area contributed by atoms with E-state index in [1.807, 2.05) is 0 Å². The topological polar surface area (TPSA) is 79.2 Å². The fraction of sp³-hybridized carbons (Fsp3) is 0.389. The Morgan fingerprint density at radius 3 is 2.67 bits per heavy atom. The molecule has 0 saturated heterocycles. The van der Waals surface area contributed by atoms with Crippen LogP contribution in [-0.4, -0.2) is 24.0 Å². The van der Waals surface area contributed by atoms with Crippen molar-refractivity contribution in [2.24, 2.45) is 0 Å². The molecule has 0 bridgehead atoms. The van der Waals surface area contributed by atoms with Crippen LogP contribution in [0.2, 0.25) is 0 Å². The van der Waals surface area contributed by atoms with Gasteiger partial charge in [0, 0.05) is 11.6 Å². The summed E-state index contributed by atoms with van der Waals surface area (Å²) in [5.74, 6) is -1.71. The van der Waals surface area contributed by atoms with E-state index in [4.69, 9.17) is 4.74 Å². The van der Waals surface area contributed by atoms with Crippen LogP contribution in [0.4, 0.5) is 4.39 Å². The minimum atomic E-state index is -0.856. The van der Waals surface area contributed by atoms with Gasteiger partial charge in [0.25, 0.3) is 5.91 Å². The Bertz CT molecular complexity index is 673. The first-order valence-electron chi connectivity index (χ1n) is 7.86. The molecule has 1 aromatic rings. The van der Waals surface area contributed by atoms with Crippen molar-refractivity contribution in [1.29, 1.82) is 5.26 Å². The fourth-order valence-corrected chi connectivity index (χ4v) is 2.68. The maximum Gasteiger partial charge on any atom is 0.331 e. The standard InChI is InChI=1S/C18H19FN2O3/c19-15-7-3-2-6-14(15)8-9-17(23)24-12-16(22)21-18(13-20)10-4-1-5-11-18/h2-3,6-9H,1,4-5,10-12H2,(H,21,22)/b9-8+. The van der Waals surface area contributed by atoms with Crippen LogP contribution < -0.4 is 5.32 Å². The molecule has 1 aliphatic carbocycles. The first-order chi connectivity index (χ1) is 11.5. The monoisotopic (exact) mass is 330 g/mol. The highest BCUT2D eigenvalue weighted by Crippen LogP contribution is 2.27. The maximum absolute atomic E-state index is 13.4. The molecule has 0 radical (unpaired) electrons. The van der Waals surface area contributed by atoms with Crippen LogP contribution in [0, 0.1) is 17.1 Å². The molecule has 126 valence electrons. The SMILES string of the molecule is N#CC1(NC(=O)COC(=O)/C=C/c2ccccc2F)CCCCC1. The predicted molar refractivity (Wildman–Crippen MR) is 86.0 cm³/mol. The molecular weight excluding hydrogens is 311 g/mol. The van der Waals surface area contributed by atoms with Crippen LogP contribution in [0.25, 0.3) is 6.08 Å². The Morgan fingerprint density at radius 1 is 1.29 bits per heavy atom. The number of hydrogen-bond donors (Lipinski definition) is 1. The molecule has 0 unspecified atom stereocenters.